The summed E-state index contributed by atoms with van der Waals surface area (Å²) in [6, 6.07) is 16.5. The summed E-state index contributed by atoms with van der Waals surface area (Å²) in [5.74, 6) is 0.599. The Morgan fingerprint density at radius 2 is 1.73 bits per heavy atom. The third-order valence-corrected chi connectivity index (χ3v) is 5.38. The highest BCUT2D eigenvalue weighted by Gasteiger charge is 2.16. The Hall–Kier alpha value is -3.18. The van der Waals surface area contributed by atoms with Crippen molar-refractivity contribution in [2.45, 2.75) is 13.0 Å². The van der Waals surface area contributed by atoms with Crippen molar-refractivity contribution in [3.8, 4) is 11.1 Å². The molecule has 0 saturated heterocycles. The first-order chi connectivity index (χ1) is 14.4. The van der Waals surface area contributed by atoms with E-state index in [1.165, 1.54) is 6.07 Å². The van der Waals surface area contributed by atoms with E-state index in [1.807, 2.05) is 68.4 Å². The van der Waals surface area contributed by atoms with Crippen LogP contribution >= 0.6 is 11.6 Å². The minimum Gasteiger partial charge on any atom is -0.377 e. The van der Waals surface area contributed by atoms with Gasteiger partial charge in [0.15, 0.2) is 0 Å². The molecule has 6 heteroatoms. The first kappa shape index (κ1) is 20.1. The summed E-state index contributed by atoms with van der Waals surface area (Å²) < 4.78 is 14.7. The number of hydrogen-bond acceptors (Lipinski definition) is 4. The quantitative estimate of drug-likeness (QED) is 0.409. The number of benzene rings is 2. The van der Waals surface area contributed by atoms with E-state index in [4.69, 9.17) is 11.6 Å². The molecule has 2 aromatic heterocycles. The van der Waals surface area contributed by atoms with Gasteiger partial charge in [-0.05, 0) is 42.8 Å². The van der Waals surface area contributed by atoms with Gasteiger partial charge in [0.2, 0.25) is 0 Å². The second kappa shape index (κ2) is 8.28. The highest BCUT2D eigenvalue weighted by Crippen LogP contribution is 2.34. The predicted octanol–water partition coefficient (Wildman–Crippen LogP) is 6.33. The van der Waals surface area contributed by atoms with Gasteiger partial charge in [0.25, 0.3) is 0 Å². The van der Waals surface area contributed by atoms with Crippen LogP contribution in [0.1, 0.15) is 18.5 Å². The molecule has 1 N–H and O–H groups in total. The summed E-state index contributed by atoms with van der Waals surface area (Å²) in [7, 11) is 3.89. The van der Waals surface area contributed by atoms with Crippen molar-refractivity contribution in [2.24, 2.45) is 0 Å². The molecule has 4 aromatic rings. The van der Waals surface area contributed by atoms with E-state index in [1.54, 1.807) is 18.5 Å². The standard InChI is InChI=1S/C24H22ClFN4/c1-15(29-24-18-6-4-5-7-22(18)27-14-20(24)25)19-12-16(8-10-21(19)26)17-9-11-23(28-13-17)30(2)3/h4-15H,1-3H3,(H,27,29). The third kappa shape index (κ3) is 3.94. The molecule has 0 radical (unpaired) electrons. The summed E-state index contributed by atoms with van der Waals surface area (Å²) >= 11 is 6.41. The molecule has 4 rings (SSSR count). The molecule has 1 atom stereocenters. The molecule has 0 aliphatic heterocycles. The van der Waals surface area contributed by atoms with Crippen LogP contribution in [0.3, 0.4) is 0 Å². The Balaban J connectivity index is 1.67. The SMILES string of the molecule is CC(Nc1c(Cl)cnc2ccccc12)c1cc(-c2ccc(N(C)C)nc2)ccc1F. The lowest BCUT2D eigenvalue weighted by Gasteiger charge is -2.20. The molecule has 2 aromatic carbocycles. The monoisotopic (exact) mass is 420 g/mol. The molecule has 0 bridgehead atoms. The van der Waals surface area contributed by atoms with Gasteiger partial charge in [-0.1, -0.05) is 35.9 Å². The van der Waals surface area contributed by atoms with E-state index in [-0.39, 0.29) is 11.9 Å². The van der Waals surface area contributed by atoms with Gasteiger partial charge in [0.1, 0.15) is 11.6 Å². The topological polar surface area (TPSA) is 41.1 Å². The second-order valence-corrected chi connectivity index (χ2v) is 7.81. The fourth-order valence-corrected chi connectivity index (χ4v) is 3.64. The summed E-state index contributed by atoms with van der Waals surface area (Å²) in [4.78, 5) is 10.8. The molecular weight excluding hydrogens is 399 g/mol. The minimum atomic E-state index is -0.303. The molecule has 152 valence electrons. The highest BCUT2D eigenvalue weighted by atomic mass is 35.5. The zero-order chi connectivity index (χ0) is 21.3. The Morgan fingerprint density at radius 1 is 0.967 bits per heavy atom. The van der Waals surface area contributed by atoms with Gasteiger partial charge in [-0.3, -0.25) is 4.98 Å². The molecule has 30 heavy (non-hydrogen) atoms. The van der Waals surface area contributed by atoms with Crippen LogP contribution in [0.5, 0.6) is 0 Å². The number of fused-ring (bicyclic) bond motifs is 1. The molecule has 0 spiro atoms. The van der Waals surface area contributed by atoms with E-state index >= 15 is 0 Å². The molecular formula is C24H22ClFN4. The Kier molecular flexibility index (Phi) is 5.55. The van der Waals surface area contributed by atoms with E-state index in [0.717, 1.165) is 33.5 Å². The van der Waals surface area contributed by atoms with Crippen molar-refractivity contribution in [1.29, 1.82) is 0 Å². The van der Waals surface area contributed by atoms with Gasteiger partial charge in [0.05, 0.1) is 22.3 Å². The Morgan fingerprint density at radius 3 is 2.47 bits per heavy atom. The van der Waals surface area contributed by atoms with Crippen LogP contribution in [0.4, 0.5) is 15.9 Å². The number of pyridine rings is 2. The van der Waals surface area contributed by atoms with Crippen molar-refractivity contribution in [3.63, 3.8) is 0 Å². The minimum absolute atomic E-state index is 0.272. The first-order valence-corrected chi connectivity index (χ1v) is 10.0. The van der Waals surface area contributed by atoms with Gasteiger partial charge in [0, 0.05) is 43.0 Å². The largest absolute Gasteiger partial charge is 0.377 e. The lowest BCUT2D eigenvalue weighted by molar-refractivity contribution is 0.600. The first-order valence-electron chi connectivity index (χ1n) is 9.67. The molecule has 0 saturated carbocycles. The van der Waals surface area contributed by atoms with Crippen LogP contribution in [0.25, 0.3) is 22.0 Å². The second-order valence-electron chi connectivity index (χ2n) is 7.40. The molecule has 4 nitrogen and oxygen atoms in total. The van der Waals surface area contributed by atoms with Crippen molar-refractivity contribution in [2.75, 3.05) is 24.3 Å². The van der Waals surface area contributed by atoms with Crippen molar-refractivity contribution in [1.82, 2.24) is 9.97 Å². The Labute approximate surface area is 180 Å². The zero-order valence-electron chi connectivity index (χ0n) is 17.0. The smallest absolute Gasteiger partial charge is 0.128 e. The van der Waals surface area contributed by atoms with E-state index in [9.17, 15) is 4.39 Å². The highest BCUT2D eigenvalue weighted by molar-refractivity contribution is 6.34. The number of nitrogens with zero attached hydrogens (tertiary/aromatic N) is 3. The molecule has 0 aliphatic rings. The Bertz CT molecular complexity index is 1190. The lowest BCUT2D eigenvalue weighted by atomic mass is 10.00. The van der Waals surface area contributed by atoms with Crippen LogP contribution < -0.4 is 10.2 Å². The molecule has 0 fully saturated rings. The molecule has 0 amide bonds. The van der Waals surface area contributed by atoms with Crippen LogP contribution in [0.2, 0.25) is 5.02 Å². The summed E-state index contributed by atoms with van der Waals surface area (Å²) in [6.07, 6.45) is 3.42. The summed E-state index contributed by atoms with van der Waals surface area (Å²) in [5, 5.41) is 4.78. The molecule has 2 heterocycles. The number of aromatic nitrogens is 2. The van der Waals surface area contributed by atoms with E-state index in [0.29, 0.717) is 10.6 Å². The van der Waals surface area contributed by atoms with Gasteiger partial charge in [-0.15, -0.1) is 0 Å². The van der Waals surface area contributed by atoms with Gasteiger partial charge >= 0.3 is 0 Å². The van der Waals surface area contributed by atoms with Crippen molar-refractivity contribution < 1.29 is 4.39 Å². The summed E-state index contributed by atoms with van der Waals surface area (Å²) in [6.45, 7) is 1.92. The maximum Gasteiger partial charge on any atom is 0.128 e. The molecule has 0 aliphatic carbocycles. The van der Waals surface area contributed by atoms with Gasteiger partial charge in [-0.2, -0.15) is 0 Å². The van der Waals surface area contributed by atoms with Crippen LogP contribution in [-0.2, 0) is 0 Å². The normalized spacial score (nSPS) is 12.0. The predicted molar refractivity (Wildman–Crippen MR) is 123 cm³/mol. The number of para-hydroxylation sites is 1. The van der Waals surface area contributed by atoms with Gasteiger partial charge in [-0.25, -0.2) is 9.37 Å². The van der Waals surface area contributed by atoms with Crippen LogP contribution in [0.15, 0.2) is 67.0 Å². The van der Waals surface area contributed by atoms with Crippen molar-refractivity contribution >= 4 is 34.0 Å². The number of hydrogen-bond donors (Lipinski definition) is 1. The fourth-order valence-electron chi connectivity index (χ4n) is 3.43. The lowest BCUT2D eigenvalue weighted by Crippen LogP contribution is -2.10. The maximum absolute atomic E-state index is 14.7. The fraction of sp³-hybridized carbons (Fsp3) is 0.167. The zero-order valence-corrected chi connectivity index (χ0v) is 17.8. The number of anilines is 2. The van der Waals surface area contributed by atoms with Crippen LogP contribution in [-0.4, -0.2) is 24.1 Å². The van der Waals surface area contributed by atoms with Crippen LogP contribution in [0, 0.1) is 5.82 Å². The maximum atomic E-state index is 14.7. The van der Waals surface area contributed by atoms with E-state index < -0.39 is 0 Å². The average molecular weight is 421 g/mol. The van der Waals surface area contributed by atoms with Gasteiger partial charge < -0.3 is 10.2 Å². The third-order valence-electron chi connectivity index (χ3n) is 5.09. The number of nitrogens with one attached hydrogen (secondary N) is 1. The number of halogens is 2. The summed E-state index contributed by atoms with van der Waals surface area (Å²) in [5.41, 5.74) is 3.97. The van der Waals surface area contributed by atoms with E-state index in [2.05, 4.69) is 15.3 Å². The average Bonchev–Trinajstić information content (AvgIpc) is 2.76. The number of rotatable bonds is 5. The molecule has 1 unspecified atom stereocenters. The van der Waals surface area contributed by atoms with Crippen molar-refractivity contribution in [3.05, 3.63) is 83.4 Å².